The number of benzene rings is 1. The van der Waals surface area contributed by atoms with Gasteiger partial charge in [-0.2, -0.15) is 0 Å². The van der Waals surface area contributed by atoms with Crippen molar-refractivity contribution in [3.63, 3.8) is 0 Å². The zero-order valence-corrected chi connectivity index (χ0v) is 14.2. The highest BCUT2D eigenvalue weighted by Crippen LogP contribution is 2.17. The third-order valence-corrected chi connectivity index (χ3v) is 4.20. The molecule has 0 saturated carbocycles. The summed E-state index contributed by atoms with van der Waals surface area (Å²) in [5.41, 5.74) is 3.66. The van der Waals surface area contributed by atoms with Crippen molar-refractivity contribution < 1.29 is 0 Å². The van der Waals surface area contributed by atoms with E-state index in [1.165, 1.54) is 16.3 Å². The molecular formula is C17H25N3S. The molecule has 1 N–H and O–H groups in total. The van der Waals surface area contributed by atoms with Gasteiger partial charge in [-0.05, 0) is 31.5 Å². The molecule has 0 unspecified atom stereocenters. The van der Waals surface area contributed by atoms with Crippen LogP contribution in [0.1, 0.15) is 30.1 Å². The lowest BCUT2D eigenvalue weighted by Gasteiger charge is -2.18. The Morgan fingerprint density at radius 1 is 1.24 bits per heavy atom. The van der Waals surface area contributed by atoms with Gasteiger partial charge in [-0.15, -0.1) is 11.3 Å². The molecule has 1 heterocycles. The van der Waals surface area contributed by atoms with E-state index in [-0.39, 0.29) is 0 Å². The van der Waals surface area contributed by atoms with E-state index in [0.717, 1.165) is 25.3 Å². The Labute approximate surface area is 132 Å². The van der Waals surface area contributed by atoms with Crippen LogP contribution in [-0.4, -0.2) is 18.6 Å². The predicted molar refractivity (Wildman–Crippen MR) is 91.9 cm³/mol. The van der Waals surface area contributed by atoms with Gasteiger partial charge in [-0.25, -0.2) is 4.98 Å². The van der Waals surface area contributed by atoms with Crippen molar-refractivity contribution in [1.82, 2.24) is 10.3 Å². The Morgan fingerprint density at radius 3 is 2.62 bits per heavy atom. The topological polar surface area (TPSA) is 28.2 Å². The Kier molecular flexibility index (Phi) is 5.76. The second-order valence-corrected chi connectivity index (χ2v) is 6.89. The molecule has 1 aromatic heterocycles. The van der Waals surface area contributed by atoms with Gasteiger partial charge in [0.25, 0.3) is 0 Å². The van der Waals surface area contributed by atoms with E-state index >= 15 is 0 Å². The SMILES string of the molecule is Cc1ccc(N(C)Cc2csc(CNCC(C)C)n2)cc1. The second-order valence-electron chi connectivity index (χ2n) is 5.95. The zero-order valence-electron chi connectivity index (χ0n) is 13.4. The molecule has 0 aliphatic carbocycles. The fourth-order valence-electron chi connectivity index (χ4n) is 2.10. The number of aryl methyl sites for hydroxylation is 1. The molecule has 114 valence electrons. The number of anilines is 1. The lowest BCUT2D eigenvalue weighted by Crippen LogP contribution is -2.19. The number of thiazole rings is 1. The first kappa shape index (κ1) is 16.0. The molecule has 21 heavy (non-hydrogen) atoms. The maximum absolute atomic E-state index is 4.70. The summed E-state index contributed by atoms with van der Waals surface area (Å²) in [6.45, 7) is 9.31. The minimum Gasteiger partial charge on any atom is -0.369 e. The fraction of sp³-hybridized carbons (Fsp3) is 0.471. The normalized spacial score (nSPS) is 11.1. The highest BCUT2D eigenvalue weighted by atomic mass is 32.1. The lowest BCUT2D eigenvalue weighted by atomic mass is 10.2. The molecule has 4 heteroatoms. The third-order valence-electron chi connectivity index (χ3n) is 3.30. The van der Waals surface area contributed by atoms with Crippen LogP contribution in [0.25, 0.3) is 0 Å². The monoisotopic (exact) mass is 303 g/mol. The van der Waals surface area contributed by atoms with Crippen LogP contribution in [0.15, 0.2) is 29.6 Å². The minimum absolute atomic E-state index is 0.678. The standard InChI is InChI=1S/C17H25N3S/c1-13(2)9-18-10-17-19-15(12-21-17)11-20(4)16-7-5-14(3)6-8-16/h5-8,12-13,18H,9-11H2,1-4H3. The van der Waals surface area contributed by atoms with E-state index in [2.05, 4.69) is 67.7 Å². The van der Waals surface area contributed by atoms with Crippen LogP contribution in [0, 0.1) is 12.8 Å². The summed E-state index contributed by atoms with van der Waals surface area (Å²) >= 11 is 1.74. The summed E-state index contributed by atoms with van der Waals surface area (Å²) in [6.07, 6.45) is 0. The van der Waals surface area contributed by atoms with Crippen LogP contribution in [0.2, 0.25) is 0 Å². The molecule has 0 saturated heterocycles. The number of hydrogen-bond acceptors (Lipinski definition) is 4. The van der Waals surface area contributed by atoms with Crippen molar-refractivity contribution in [3.8, 4) is 0 Å². The van der Waals surface area contributed by atoms with Gasteiger partial charge in [-0.1, -0.05) is 31.5 Å². The van der Waals surface area contributed by atoms with Crippen LogP contribution < -0.4 is 10.2 Å². The molecule has 0 amide bonds. The highest BCUT2D eigenvalue weighted by Gasteiger charge is 2.06. The van der Waals surface area contributed by atoms with Gasteiger partial charge in [0.05, 0.1) is 12.2 Å². The van der Waals surface area contributed by atoms with Gasteiger partial charge in [0, 0.05) is 24.7 Å². The van der Waals surface area contributed by atoms with Crippen LogP contribution in [0.3, 0.4) is 0 Å². The molecule has 0 aliphatic heterocycles. The number of rotatable bonds is 7. The van der Waals surface area contributed by atoms with Crippen molar-refractivity contribution >= 4 is 17.0 Å². The van der Waals surface area contributed by atoms with Crippen molar-refractivity contribution in [3.05, 3.63) is 45.9 Å². The zero-order chi connectivity index (χ0) is 15.2. The van der Waals surface area contributed by atoms with E-state index < -0.39 is 0 Å². The van der Waals surface area contributed by atoms with Gasteiger partial charge in [0.15, 0.2) is 0 Å². The number of aromatic nitrogens is 1. The van der Waals surface area contributed by atoms with E-state index in [1.807, 2.05) is 0 Å². The molecule has 0 radical (unpaired) electrons. The Balaban J connectivity index is 1.88. The quantitative estimate of drug-likeness (QED) is 0.842. The van der Waals surface area contributed by atoms with E-state index in [9.17, 15) is 0 Å². The Bertz CT molecular complexity index is 545. The maximum Gasteiger partial charge on any atom is 0.107 e. The molecule has 2 aromatic rings. The maximum atomic E-state index is 4.70. The van der Waals surface area contributed by atoms with Gasteiger partial charge in [0.2, 0.25) is 0 Å². The number of nitrogens with one attached hydrogen (secondary N) is 1. The van der Waals surface area contributed by atoms with Crippen molar-refractivity contribution in [2.75, 3.05) is 18.5 Å². The van der Waals surface area contributed by atoms with Crippen molar-refractivity contribution in [1.29, 1.82) is 0 Å². The smallest absolute Gasteiger partial charge is 0.107 e. The lowest BCUT2D eigenvalue weighted by molar-refractivity contribution is 0.551. The molecule has 1 aromatic carbocycles. The van der Waals surface area contributed by atoms with Crippen LogP contribution in [0.4, 0.5) is 5.69 Å². The fourth-order valence-corrected chi connectivity index (χ4v) is 2.86. The molecule has 0 fully saturated rings. The summed E-state index contributed by atoms with van der Waals surface area (Å²) in [7, 11) is 2.11. The van der Waals surface area contributed by atoms with E-state index in [1.54, 1.807) is 11.3 Å². The molecular weight excluding hydrogens is 278 g/mol. The van der Waals surface area contributed by atoms with Gasteiger partial charge >= 0.3 is 0 Å². The highest BCUT2D eigenvalue weighted by molar-refractivity contribution is 7.09. The van der Waals surface area contributed by atoms with Crippen LogP contribution >= 0.6 is 11.3 Å². The first-order chi connectivity index (χ1) is 10.0. The van der Waals surface area contributed by atoms with Gasteiger partial charge in [-0.3, -0.25) is 0 Å². The molecule has 0 spiro atoms. The average Bonchev–Trinajstić information content (AvgIpc) is 2.86. The van der Waals surface area contributed by atoms with Crippen molar-refractivity contribution in [2.24, 2.45) is 5.92 Å². The minimum atomic E-state index is 0.678. The number of hydrogen-bond donors (Lipinski definition) is 1. The molecule has 3 nitrogen and oxygen atoms in total. The van der Waals surface area contributed by atoms with E-state index in [0.29, 0.717) is 5.92 Å². The molecule has 0 bridgehead atoms. The predicted octanol–water partition coefficient (Wildman–Crippen LogP) is 3.83. The summed E-state index contributed by atoms with van der Waals surface area (Å²) < 4.78 is 0. The van der Waals surface area contributed by atoms with Crippen molar-refractivity contribution in [2.45, 2.75) is 33.9 Å². The first-order valence-corrected chi connectivity index (χ1v) is 8.34. The molecule has 2 rings (SSSR count). The van der Waals surface area contributed by atoms with E-state index in [4.69, 9.17) is 4.98 Å². The largest absolute Gasteiger partial charge is 0.369 e. The molecule has 0 atom stereocenters. The summed E-state index contributed by atoms with van der Waals surface area (Å²) in [4.78, 5) is 6.94. The summed E-state index contributed by atoms with van der Waals surface area (Å²) in [5, 5.41) is 6.77. The Morgan fingerprint density at radius 2 is 1.95 bits per heavy atom. The summed E-state index contributed by atoms with van der Waals surface area (Å²) in [6, 6.07) is 8.61. The number of nitrogens with zero attached hydrogens (tertiary/aromatic N) is 2. The van der Waals surface area contributed by atoms with Gasteiger partial charge in [0.1, 0.15) is 5.01 Å². The van der Waals surface area contributed by atoms with Crippen LogP contribution in [0.5, 0.6) is 0 Å². The molecule has 0 aliphatic rings. The average molecular weight is 303 g/mol. The van der Waals surface area contributed by atoms with Gasteiger partial charge < -0.3 is 10.2 Å². The second kappa shape index (κ2) is 7.57. The first-order valence-electron chi connectivity index (χ1n) is 7.46. The third kappa shape index (κ3) is 5.14. The van der Waals surface area contributed by atoms with Crippen LogP contribution in [-0.2, 0) is 13.1 Å². The Hall–Kier alpha value is -1.39. The summed E-state index contributed by atoms with van der Waals surface area (Å²) in [5.74, 6) is 0.678.